The topological polar surface area (TPSA) is 49.6 Å². The summed E-state index contributed by atoms with van der Waals surface area (Å²) in [6.45, 7) is 30.8. The summed E-state index contributed by atoms with van der Waals surface area (Å²) in [6, 6.07) is 24.7. The second-order valence-electron chi connectivity index (χ2n) is 10.8. The lowest BCUT2D eigenvalue weighted by molar-refractivity contribution is 0.101. The molecule has 0 bridgehead atoms. The molecule has 1 aliphatic heterocycles. The van der Waals surface area contributed by atoms with Crippen molar-refractivity contribution in [1.29, 1.82) is 0 Å². The van der Waals surface area contributed by atoms with Gasteiger partial charge in [0.15, 0.2) is 5.78 Å². The van der Waals surface area contributed by atoms with Gasteiger partial charge in [-0.1, -0.05) is 91.0 Å². The van der Waals surface area contributed by atoms with Gasteiger partial charge in [-0.2, -0.15) is 0 Å². The van der Waals surface area contributed by atoms with E-state index in [4.69, 9.17) is 5.73 Å². The zero-order chi connectivity index (χ0) is 31.7. The highest BCUT2D eigenvalue weighted by molar-refractivity contribution is 5.95. The second-order valence-corrected chi connectivity index (χ2v) is 10.8. The first-order chi connectivity index (χ1) is 20.0. The largest absolute Gasteiger partial charge is 0.399 e. The number of nitrogen functional groups attached to an aromatic ring is 1. The number of para-hydroxylation sites is 1. The number of aryl methyl sites for hydroxylation is 4. The predicted molar refractivity (Wildman–Crippen MR) is 184 cm³/mol. The number of rotatable bonds is 7. The van der Waals surface area contributed by atoms with Crippen molar-refractivity contribution in [3.8, 4) is 0 Å². The first-order valence-electron chi connectivity index (χ1n) is 14.7. The van der Waals surface area contributed by atoms with Gasteiger partial charge in [0, 0.05) is 49.2 Å². The fraction of sp³-hybridized carbons (Fsp3) is 0.342. The van der Waals surface area contributed by atoms with E-state index in [1.165, 1.54) is 22.4 Å². The number of piperazine rings is 1. The Balaban J connectivity index is 0.000000362. The lowest BCUT2D eigenvalue weighted by Crippen LogP contribution is -2.49. The van der Waals surface area contributed by atoms with Gasteiger partial charge in [0.1, 0.15) is 0 Å². The van der Waals surface area contributed by atoms with E-state index < -0.39 is 0 Å². The number of allylic oxidation sites excluding steroid dienone is 1. The molecule has 4 heteroatoms. The van der Waals surface area contributed by atoms with E-state index in [1.807, 2.05) is 62.4 Å². The van der Waals surface area contributed by atoms with Crippen LogP contribution in [0.1, 0.15) is 59.8 Å². The molecule has 0 aromatic heterocycles. The van der Waals surface area contributed by atoms with Gasteiger partial charge in [0.25, 0.3) is 0 Å². The van der Waals surface area contributed by atoms with Crippen molar-refractivity contribution >= 4 is 11.5 Å². The molecule has 1 saturated heterocycles. The van der Waals surface area contributed by atoms with E-state index in [2.05, 4.69) is 81.2 Å². The highest BCUT2D eigenvalue weighted by atomic mass is 16.1. The van der Waals surface area contributed by atoms with Gasteiger partial charge in [-0.15, -0.1) is 13.2 Å². The predicted octanol–water partition coefficient (Wildman–Crippen LogP) is 8.60. The monoisotopic (exact) mass is 567 g/mol. The van der Waals surface area contributed by atoms with Crippen molar-refractivity contribution < 1.29 is 4.79 Å². The molecule has 1 heterocycles. The summed E-state index contributed by atoms with van der Waals surface area (Å²) in [5.74, 6) is 0.137. The number of hydrogen-bond donors (Lipinski definition) is 1. The summed E-state index contributed by atoms with van der Waals surface area (Å²) in [5, 5.41) is 0. The maximum absolute atomic E-state index is 10.9. The van der Waals surface area contributed by atoms with Gasteiger partial charge in [0.2, 0.25) is 0 Å². The van der Waals surface area contributed by atoms with Crippen LogP contribution in [0.15, 0.2) is 110 Å². The van der Waals surface area contributed by atoms with Crippen LogP contribution in [-0.4, -0.2) is 47.8 Å². The Labute approximate surface area is 256 Å². The number of Topliss-reactive ketones (excluding diaryl/α,β-unsaturated/α-hetero) is 1. The van der Waals surface area contributed by atoms with Gasteiger partial charge >= 0.3 is 0 Å². The normalized spacial score (nSPS) is 13.1. The molecule has 42 heavy (non-hydrogen) atoms. The van der Waals surface area contributed by atoms with E-state index >= 15 is 0 Å². The molecule has 3 aromatic rings. The third-order valence-electron chi connectivity index (χ3n) is 7.56. The van der Waals surface area contributed by atoms with Crippen LogP contribution in [0.2, 0.25) is 0 Å². The summed E-state index contributed by atoms with van der Waals surface area (Å²) in [6.07, 6.45) is 2.14. The molecule has 0 saturated carbocycles. The van der Waals surface area contributed by atoms with E-state index in [0.717, 1.165) is 61.4 Å². The average molecular weight is 568 g/mol. The standard InChI is InChI=1S/C20H30N2.C9H10O.C7H9N.C2H4/c1-16(2)19(5)22-14-12-21(13-15-22)18(4)8-11-20-9-6-17(3)7-10-20;1-7-5-3-4-6-9(7)8(2)10;1-6-4-2-3-5-7(6)8;1-2/h6-7,9-10,19H,1,4,8,11-15H2,2-3,5H3;3-6H,1-2H3;2-5H,8H2,1H3;1-2H2. The Kier molecular flexibility index (Phi) is 16.6. The van der Waals surface area contributed by atoms with Crippen LogP contribution >= 0.6 is 0 Å². The average Bonchev–Trinajstić information content (AvgIpc) is 2.99. The summed E-state index contributed by atoms with van der Waals surface area (Å²) in [5.41, 5.74) is 14.7. The fourth-order valence-electron chi connectivity index (χ4n) is 4.49. The molecular formula is C38H53N3O. The number of nitrogens with zero attached hydrogens (tertiary/aromatic N) is 2. The minimum absolute atomic E-state index is 0.137. The Bertz CT molecular complexity index is 1230. The molecule has 0 amide bonds. The van der Waals surface area contributed by atoms with Gasteiger partial charge in [-0.05, 0) is 77.1 Å². The van der Waals surface area contributed by atoms with Crippen molar-refractivity contribution in [2.45, 2.75) is 60.4 Å². The molecule has 0 aliphatic carbocycles. The van der Waals surface area contributed by atoms with Crippen LogP contribution in [-0.2, 0) is 6.42 Å². The smallest absolute Gasteiger partial charge is 0.160 e. The molecular weight excluding hydrogens is 514 g/mol. The number of hydrogen-bond acceptors (Lipinski definition) is 4. The molecule has 3 aromatic carbocycles. The van der Waals surface area contributed by atoms with Crippen LogP contribution in [0.3, 0.4) is 0 Å². The van der Waals surface area contributed by atoms with Crippen molar-refractivity contribution in [1.82, 2.24) is 9.80 Å². The van der Waals surface area contributed by atoms with Crippen LogP contribution < -0.4 is 5.73 Å². The molecule has 0 spiro atoms. The lowest BCUT2D eigenvalue weighted by atomic mass is 10.1. The van der Waals surface area contributed by atoms with E-state index in [9.17, 15) is 4.79 Å². The number of benzene rings is 3. The number of anilines is 1. The van der Waals surface area contributed by atoms with E-state index in [-0.39, 0.29) is 5.78 Å². The third-order valence-corrected chi connectivity index (χ3v) is 7.56. The van der Waals surface area contributed by atoms with E-state index in [0.29, 0.717) is 6.04 Å². The summed E-state index contributed by atoms with van der Waals surface area (Å²) < 4.78 is 0. The molecule has 1 aliphatic rings. The minimum atomic E-state index is 0.137. The third kappa shape index (κ3) is 12.7. The quantitative estimate of drug-likeness (QED) is 0.176. The Morgan fingerprint density at radius 1 is 0.810 bits per heavy atom. The van der Waals surface area contributed by atoms with Crippen molar-refractivity contribution in [2.24, 2.45) is 0 Å². The molecule has 226 valence electrons. The second kappa shape index (κ2) is 19.3. The van der Waals surface area contributed by atoms with Crippen molar-refractivity contribution in [2.75, 3.05) is 31.9 Å². The maximum Gasteiger partial charge on any atom is 0.160 e. The molecule has 1 fully saturated rings. The highest BCUT2D eigenvalue weighted by Crippen LogP contribution is 2.17. The van der Waals surface area contributed by atoms with Crippen LogP contribution in [0.5, 0.6) is 0 Å². The summed E-state index contributed by atoms with van der Waals surface area (Å²) >= 11 is 0. The highest BCUT2D eigenvalue weighted by Gasteiger charge is 2.21. The zero-order valence-corrected chi connectivity index (χ0v) is 27.0. The number of nitrogens with two attached hydrogens (primary N) is 1. The van der Waals surface area contributed by atoms with Gasteiger partial charge in [-0.25, -0.2) is 0 Å². The molecule has 1 atom stereocenters. The van der Waals surface area contributed by atoms with Gasteiger partial charge < -0.3 is 10.6 Å². The van der Waals surface area contributed by atoms with Crippen molar-refractivity contribution in [3.05, 3.63) is 138 Å². The lowest BCUT2D eigenvalue weighted by Gasteiger charge is -2.40. The Morgan fingerprint density at radius 2 is 1.33 bits per heavy atom. The van der Waals surface area contributed by atoms with Gasteiger partial charge in [0.05, 0.1) is 0 Å². The maximum atomic E-state index is 10.9. The molecule has 4 nitrogen and oxygen atoms in total. The Hall–Kier alpha value is -3.89. The number of carbonyl (C=O) groups excluding carboxylic acids is 1. The SMILES string of the molecule is C=C.C=C(C)C(C)N1CCN(C(=C)CCc2ccc(C)cc2)CC1.CC(=O)c1ccccc1C.Cc1ccccc1N. The fourth-order valence-corrected chi connectivity index (χ4v) is 4.49. The number of ketones is 1. The van der Waals surface area contributed by atoms with Crippen LogP contribution in [0, 0.1) is 20.8 Å². The first kappa shape index (κ1) is 36.1. The molecule has 2 N–H and O–H groups in total. The summed E-state index contributed by atoms with van der Waals surface area (Å²) in [4.78, 5) is 15.8. The molecule has 4 rings (SSSR count). The first-order valence-corrected chi connectivity index (χ1v) is 14.7. The van der Waals surface area contributed by atoms with E-state index in [1.54, 1.807) is 6.92 Å². The Morgan fingerprint density at radius 3 is 1.76 bits per heavy atom. The zero-order valence-electron chi connectivity index (χ0n) is 27.0. The van der Waals surface area contributed by atoms with Crippen LogP contribution in [0.25, 0.3) is 0 Å². The summed E-state index contributed by atoms with van der Waals surface area (Å²) in [7, 11) is 0. The molecule has 0 radical (unpaired) electrons. The van der Waals surface area contributed by atoms with Gasteiger partial charge in [-0.3, -0.25) is 9.69 Å². The molecule has 1 unspecified atom stereocenters. The van der Waals surface area contributed by atoms with Crippen molar-refractivity contribution in [3.63, 3.8) is 0 Å². The number of carbonyl (C=O) groups is 1. The van der Waals surface area contributed by atoms with Crippen LogP contribution in [0.4, 0.5) is 5.69 Å². The minimum Gasteiger partial charge on any atom is -0.399 e.